The highest BCUT2D eigenvalue weighted by atomic mass is 16.4. The zero-order chi connectivity index (χ0) is 21.1. The van der Waals surface area contributed by atoms with Gasteiger partial charge in [-0.05, 0) is 53.3 Å². The Morgan fingerprint density at radius 2 is 1.47 bits per heavy atom. The molecule has 0 radical (unpaired) electrons. The summed E-state index contributed by atoms with van der Waals surface area (Å²) >= 11 is 0. The SMILES string of the molecule is CC[C@@H]1C(C(=O)O)=C(C)c2ccc(N(Cc3ccccc3)Cc3ccccc3)cc21. The minimum Gasteiger partial charge on any atom is -0.478 e. The van der Waals surface area contributed by atoms with Gasteiger partial charge in [-0.2, -0.15) is 0 Å². The highest BCUT2D eigenvalue weighted by molar-refractivity contribution is 6.01. The quantitative estimate of drug-likeness (QED) is 0.512. The molecule has 0 aliphatic heterocycles. The summed E-state index contributed by atoms with van der Waals surface area (Å²) in [6.07, 6.45) is 0.785. The van der Waals surface area contributed by atoms with Crippen LogP contribution in [-0.4, -0.2) is 11.1 Å². The van der Waals surface area contributed by atoms with E-state index in [2.05, 4.69) is 78.6 Å². The fourth-order valence-corrected chi connectivity index (χ4v) is 4.52. The van der Waals surface area contributed by atoms with E-state index in [1.54, 1.807) is 0 Å². The third-order valence-electron chi connectivity index (χ3n) is 6.00. The van der Waals surface area contributed by atoms with Crippen molar-refractivity contribution in [3.63, 3.8) is 0 Å². The lowest BCUT2D eigenvalue weighted by atomic mass is 9.92. The van der Waals surface area contributed by atoms with Crippen LogP contribution in [0, 0.1) is 0 Å². The van der Waals surface area contributed by atoms with Gasteiger partial charge in [0.1, 0.15) is 0 Å². The van der Waals surface area contributed by atoms with Crippen molar-refractivity contribution in [3.05, 3.63) is 107 Å². The largest absolute Gasteiger partial charge is 0.478 e. The zero-order valence-corrected chi connectivity index (χ0v) is 17.5. The van der Waals surface area contributed by atoms with Gasteiger partial charge in [0.15, 0.2) is 0 Å². The topological polar surface area (TPSA) is 40.5 Å². The predicted octanol–water partition coefficient (Wildman–Crippen LogP) is 6.26. The van der Waals surface area contributed by atoms with Gasteiger partial charge in [-0.25, -0.2) is 4.79 Å². The molecule has 0 saturated carbocycles. The number of anilines is 1. The summed E-state index contributed by atoms with van der Waals surface area (Å²) in [4.78, 5) is 14.2. The molecule has 4 rings (SSSR count). The standard InChI is InChI=1S/C27H27NO2/c1-3-23-25-16-22(14-15-24(25)19(2)26(23)27(29)30)28(17-20-10-6-4-7-11-20)18-21-12-8-5-9-13-21/h4-16,23H,3,17-18H2,1-2H3,(H,29,30)/t23-/m0/s1. The molecule has 3 nitrogen and oxygen atoms in total. The average Bonchev–Trinajstić information content (AvgIpc) is 3.06. The van der Waals surface area contributed by atoms with Crippen LogP contribution in [0.3, 0.4) is 0 Å². The van der Waals surface area contributed by atoms with E-state index in [0.717, 1.165) is 41.9 Å². The third kappa shape index (κ3) is 3.88. The normalized spacial score (nSPS) is 15.2. The molecule has 0 heterocycles. The second-order valence-corrected chi connectivity index (χ2v) is 7.90. The van der Waals surface area contributed by atoms with E-state index in [1.165, 1.54) is 11.1 Å². The fraction of sp³-hybridized carbons (Fsp3) is 0.222. The summed E-state index contributed by atoms with van der Waals surface area (Å²) in [5.74, 6) is -0.852. The lowest BCUT2D eigenvalue weighted by Gasteiger charge is -2.26. The van der Waals surface area contributed by atoms with E-state index in [9.17, 15) is 9.90 Å². The molecule has 3 aromatic rings. The maximum atomic E-state index is 11.9. The first kappa shape index (κ1) is 20.0. The van der Waals surface area contributed by atoms with E-state index >= 15 is 0 Å². The van der Waals surface area contributed by atoms with Crippen LogP contribution in [0.5, 0.6) is 0 Å². The number of hydrogen-bond acceptors (Lipinski definition) is 2. The molecule has 3 aromatic carbocycles. The van der Waals surface area contributed by atoms with Crippen molar-refractivity contribution in [1.29, 1.82) is 0 Å². The summed E-state index contributed by atoms with van der Waals surface area (Å²) in [5, 5.41) is 9.76. The molecule has 1 atom stereocenters. The fourth-order valence-electron chi connectivity index (χ4n) is 4.52. The molecule has 3 heteroatoms. The second-order valence-electron chi connectivity index (χ2n) is 7.90. The Kier molecular flexibility index (Phi) is 5.71. The van der Waals surface area contributed by atoms with E-state index < -0.39 is 5.97 Å². The first-order chi connectivity index (χ1) is 14.6. The number of hydrogen-bond donors (Lipinski definition) is 1. The van der Waals surface area contributed by atoms with Crippen LogP contribution in [0.2, 0.25) is 0 Å². The maximum absolute atomic E-state index is 11.9. The van der Waals surface area contributed by atoms with Gasteiger partial charge in [0, 0.05) is 30.3 Å². The van der Waals surface area contributed by atoms with Gasteiger partial charge in [0.2, 0.25) is 0 Å². The number of benzene rings is 3. The molecular weight excluding hydrogens is 370 g/mol. The molecule has 0 fully saturated rings. The molecule has 0 amide bonds. The van der Waals surface area contributed by atoms with Crippen LogP contribution in [0.25, 0.3) is 5.57 Å². The van der Waals surface area contributed by atoms with Crippen molar-refractivity contribution in [2.75, 3.05) is 4.90 Å². The van der Waals surface area contributed by atoms with Gasteiger partial charge < -0.3 is 10.0 Å². The highest BCUT2D eigenvalue weighted by Crippen LogP contribution is 2.45. The van der Waals surface area contributed by atoms with Crippen LogP contribution in [0.1, 0.15) is 48.4 Å². The van der Waals surface area contributed by atoms with E-state index in [0.29, 0.717) is 5.57 Å². The van der Waals surface area contributed by atoms with Gasteiger partial charge in [-0.3, -0.25) is 0 Å². The van der Waals surface area contributed by atoms with Crippen LogP contribution >= 0.6 is 0 Å². The smallest absolute Gasteiger partial charge is 0.332 e. The van der Waals surface area contributed by atoms with Crippen molar-refractivity contribution < 1.29 is 9.90 Å². The molecule has 152 valence electrons. The minimum atomic E-state index is -0.803. The monoisotopic (exact) mass is 397 g/mol. The number of carboxylic acid groups (broad SMARTS) is 1. The van der Waals surface area contributed by atoms with E-state index in [-0.39, 0.29) is 5.92 Å². The van der Waals surface area contributed by atoms with Gasteiger partial charge >= 0.3 is 5.97 Å². The van der Waals surface area contributed by atoms with Crippen LogP contribution < -0.4 is 4.90 Å². The first-order valence-electron chi connectivity index (χ1n) is 10.5. The predicted molar refractivity (Wildman–Crippen MR) is 122 cm³/mol. The van der Waals surface area contributed by atoms with Gasteiger partial charge in [0.05, 0.1) is 0 Å². The first-order valence-corrected chi connectivity index (χ1v) is 10.5. The zero-order valence-electron chi connectivity index (χ0n) is 17.5. The minimum absolute atomic E-state index is 0.0484. The molecule has 0 saturated heterocycles. The molecule has 1 aliphatic rings. The summed E-state index contributed by atoms with van der Waals surface area (Å²) in [6.45, 7) is 5.59. The number of fused-ring (bicyclic) bond motifs is 1. The number of carbonyl (C=O) groups is 1. The number of rotatable bonds is 7. The van der Waals surface area contributed by atoms with Gasteiger partial charge in [-0.1, -0.05) is 73.7 Å². The molecular formula is C27H27NO2. The molecule has 1 aliphatic carbocycles. The molecule has 1 N–H and O–H groups in total. The van der Waals surface area contributed by atoms with Crippen molar-refractivity contribution >= 4 is 17.2 Å². The summed E-state index contributed by atoms with van der Waals surface area (Å²) < 4.78 is 0. The second kappa shape index (κ2) is 8.58. The highest BCUT2D eigenvalue weighted by Gasteiger charge is 2.32. The molecule has 0 unspecified atom stereocenters. The number of allylic oxidation sites excluding steroid dienone is 1. The Hall–Kier alpha value is -3.33. The molecule has 0 spiro atoms. The third-order valence-corrected chi connectivity index (χ3v) is 6.00. The van der Waals surface area contributed by atoms with Crippen LogP contribution in [0.15, 0.2) is 84.4 Å². The van der Waals surface area contributed by atoms with Crippen molar-refractivity contribution in [3.8, 4) is 0 Å². The van der Waals surface area contributed by atoms with Crippen LogP contribution in [-0.2, 0) is 17.9 Å². The van der Waals surface area contributed by atoms with E-state index in [4.69, 9.17) is 0 Å². The van der Waals surface area contributed by atoms with Crippen molar-refractivity contribution in [2.45, 2.75) is 39.3 Å². The Morgan fingerprint density at radius 3 is 1.97 bits per heavy atom. The maximum Gasteiger partial charge on any atom is 0.332 e. The summed E-state index contributed by atoms with van der Waals surface area (Å²) in [6, 6.07) is 27.4. The van der Waals surface area contributed by atoms with Crippen molar-refractivity contribution in [1.82, 2.24) is 0 Å². The molecule has 30 heavy (non-hydrogen) atoms. The molecule has 0 bridgehead atoms. The van der Waals surface area contributed by atoms with Gasteiger partial charge in [-0.15, -0.1) is 0 Å². The Balaban J connectivity index is 1.72. The number of aliphatic carboxylic acids is 1. The number of carboxylic acids is 1. The molecule has 0 aromatic heterocycles. The Bertz CT molecular complexity index is 1030. The number of nitrogens with zero attached hydrogens (tertiary/aromatic N) is 1. The van der Waals surface area contributed by atoms with Gasteiger partial charge in [0.25, 0.3) is 0 Å². The Labute approximate surface area is 178 Å². The summed E-state index contributed by atoms with van der Waals surface area (Å²) in [7, 11) is 0. The Morgan fingerprint density at radius 1 is 0.900 bits per heavy atom. The average molecular weight is 398 g/mol. The van der Waals surface area contributed by atoms with E-state index in [1.807, 2.05) is 19.1 Å². The van der Waals surface area contributed by atoms with Crippen molar-refractivity contribution in [2.24, 2.45) is 0 Å². The lowest BCUT2D eigenvalue weighted by molar-refractivity contribution is -0.132. The lowest BCUT2D eigenvalue weighted by Crippen LogP contribution is -2.22. The van der Waals surface area contributed by atoms with Crippen LogP contribution in [0.4, 0.5) is 5.69 Å². The summed E-state index contributed by atoms with van der Waals surface area (Å²) in [5.41, 5.74) is 7.27.